The van der Waals surface area contributed by atoms with Crippen LogP contribution >= 0.6 is 31.9 Å². The number of nitrogens with zero attached hydrogens (tertiary/aromatic N) is 2. The Labute approximate surface area is 397 Å². The number of para-hydroxylation sites is 2. The minimum absolute atomic E-state index is 0.0944. The van der Waals surface area contributed by atoms with Crippen molar-refractivity contribution >= 4 is 85.9 Å². The van der Waals surface area contributed by atoms with Crippen molar-refractivity contribution in [2.24, 2.45) is 10.8 Å². The van der Waals surface area contributed by atoms with Crippen molar-refractivity contribution in [2.45, 2.75) is 103 Å². The molecule has 10 nitrogen and oxygen atoms in total. The summed E-state index contributed by atoms with van der Waals surface area (Å²) in [4.78, 5) is 27.2. The molecule has 0 radical (unpaired) electrons. The van der Waals surface area contributed by atoms with E-state index in [4.69, 9.17) is 9.47 Å². The molecule has 2 atom stereocenters. The molecule has 2 aliphatic heterocycles. The molecule has 0 saturated heterocycles. The fourth-order valence-electron chi connectivity index (χ4n) is 8.31. The number of ketones is 2. The molecular weight excluding hydrogens is 980 g/mol. The molecule has 6 rings (SSSR count). The molecule has 14 heteroatoms. The largest absolute Gasteiger partial charge is 0.464 e. The molecule has 0 spiro atoms. The number of hydrogen-bond donors (Lipinski definition) is 0. The quantitative estimate of drug-likeness (QED) is 0.0790. The number of benzene rings is 4. The van der Waals surface area contributed by atoms with Gasteiger partial charge in [0, 0.05) is 59.6 Å². The van der Waals surface area contributed by atoms with Crippen LogP contribution in [0.3, 0.4) is 0 Å². The number of carbonyl (C=O) groups is 2. The van der Waals surface area contributed by atoms with Crippen LogP contribution in [0, 0.1) is 10.8 Å². The van der Waals surface area contributed by atoms with Gasteiger partial charge in [-0.25, -0.2) is 16.8 Å². The zero-order valence-corrected chi connectivity index (χ0v) is 42.4. The zero-order chi connectivity index (χ0) is 46.7. The minimum atomic E-state index is -3.58. The summed E-state index contributed by atoms with van der Waals surface area (Å²) in [7, 11) is -7.17. The Bertz CT molecular complexity index is 2370. The lowest BCUT2D eigenvalue weighted by Gasteiger charge is -2.36. The van der Waals surface area contributed by atoms with Crippen molar-refractivity contribution in [1.29, 1.82) is 0 Å². The third-order valence-corrected chi connectivity index (χ3v) is 17.2. The van der Waals surface area contributed by atoms with Crippen LogP contribution in [-0.4, -0.2) is 53.0 Å². The first kappa shape index (κ1) is 50.8. The first-order valence-electron chi connectivity index (χ1n) is 21.9. The second kappa shape index (κ2) is 22.3. The molecular formula is C50H60Br2N2O8S2. The summed E-state index contributed by atoms with van der Waals surface area (Å²) >= 11 is 7.06. The number of anilines is 4. The van der Waals surface area contributed by atoms with Gasteiger partial charge in [0.1, 0.15) is 11.5 Å². The average molecular weight is 1040 g/mol. The molecule has 0 aliphatic carbocycles. The summed E-state index contributed by atoms with van der Waals surface area (Å²) in [5.41, 5.74) is 2.47. The van der Waals surface area contributed by atoms with Gasteiger partial charge in [-0.2, -0.15) is 0 Å². The number of halogens is 2. The van der Waals surface area contributed by atoms with Crippen molar-refractivity contribution in [3.8, 4) is 11.5 Å². The van der Waals surface area contributed by atoms with Crippen LogP contribution in [0.1, 0.15) is 92.9 Å². The Morgan fingerprint density at radius 2 is 0.969 bits per heavy atom. The smallest absolute Gasteiger partial charge is 0.181 e. The molecule has 2 unspecified atom stereocenters. The molecule has 0 bridgehead atoms. The van der Waals surface area contributed by atoms with Crippen molar-refractivity contribution < 1.29 is 35.9 Å². The highest BCUT2D eigenvalue weighted by molar-refractivity contribution is 9.11. The van der Waals surface area contributed by atoms with E-state index in [9.17, 15) is 26.4 Å². The Hall–Kier alpha value is -4.24. The highest BCUT2D eigenvalue weighted by Gasteiger charge is 2.43. The van der Waals surface area contributed by atoms with Crippen molar-refractivity contribution in [3.63, 3.8) is 0 Å². The number of rotatable bonds is 16. The molecule has 344 valence electrons. The maximum Gasteiger partial charge on any atom is 0.181 e. The summed E-state index contributed by atoms with van der Waals surface area (Å²) in [5, 5.41) is 0. The summed E-state index contributed by atoms with van der Waals surface area (Å²) in [6, 6.07) is 26.6. The normalized spacial score (nSPS) is 20.1. The molecule has 0 N–H and O–H groups in total. The lowest BCUT2D eigenvalue weighted by Crippen LogP contribution is -2.37. The number of hydrogen-bond acceptors (Lipinski definition) is 10. The van der Waals surface area contributed by atoms with Gasteiger partial charge in [0.2, 0.25) is 0 Å². The molecule has 0 amide bonds. The zero-order valence-electron chi connectivity index (χ0n) is 37.6. The van der Waals surface area contributed by atoms with Gasteiger partial charge in [0.15, 0.2) is 31.2 Å². The maximum atomic E-state index is 13.7. The number of unbranched alkanes of at least 4 members (excludes halogenated alkanes) is 2. The van der Waals surface area contributed by atoms with E-state index < -0.39 is 19.7 Å². The predicted molar refractivity (Wildman–Crippen MR) is 265 cm³/mol. The molecule has 2 heterocycles. The SMILES string of the molecule is CCCCC1(CC)CN(c2ccccc2)c2cc(Br)c(O/C=C/C(C)=O)cc2S(=O)(=O)C1.CCCCC1(CC)CN(c2ccccc2)c2cc(Br)c(O/C=C\C(C)=O)cc2S(=O)(=O)C1. The van der Waals surface area contributed by atoms with Gasteiger partial charge < -0.3 is 19.3 Å². The van der Waals surface area contributed by atoms with E-state index in [1.165, 1.54) is 38.5 Å². The van der Waals surface area contributed by atoms with Gasteiger partial charge in [-0.3, -0.25) is 9.59 Å². The molecule has 0 aromatic heterocycles. The third kappa shape index (κ3) is 12.6. The Balaban J connectivity index is 0.000000241. The number of fused-ring (bicyclic) bond motifs is 2. The van der Waals surface area contributed by atoms with Crippen LogP contribution < -0.4 is 19.3 Å². The monoisotopic (exact) mass is 1040 g/mol. The fourth-order valence-corrected chi connectivity index (χ4v) is 13.5. The first-order chi connectivity index (χ1) is 30.4. The maximum absolute atomic E-state index is 13.7. The van der Waals surface area contributed by atoms with Gasteiger partial charge in [0.25, 0.3) is 0 Å². The molecule has 2 aliphatic rings. The van der Waals surface area contributed by atoms with Gasteiger partial charge >= 0.3 is 0 Å². The topological polar surface area (TPSA) is 127 Å². The van der Waals surface area contributed by atoms with E-state index in [-0.39, 0.29) is 43.7 Å². The number of ether oxygens (including phenoxy) is 2. The van der Waals surface area contributed by atoms with Crippen molar-refractivity contribution in [1.82, 2.24) is 0 Å². The number of carbonyl (C=O) groups excluding carboxylic acids is 2. The van der Waals surface area contributed by atoms with E-state index in [0.717, 1.165) is 62.7 Å². The highest BCUT2D eigenvalue weighted by Crippen LogP contribution is 2.48. The summed E-state index contributed by atoms with van der Waals surface area (Å²) in [6.45, 7) is 12.5. The lowest BCUT2D eigenvalue weighted by molar-refractivity contribution is -0.113. The van der Waals surface area contributed by atoms with E-state index >= 15 is 0 Å². The number of allylic oxidation sites excluding steroid dienone is 2. The van der Waals surface area contributed by atoms with Crippen LogP contribution in [0.4, 0.5) is 22.7 Å². The second-order valence-corrected chi connectivity index (χ2v) is 22.5. The number of sulfone groups is 2. The summed E-state index contributed by atoms with van der Waals surface area (Å²) < 4.78 is 67.2. The molecule has 4 aromatic rings. The van der Waals surface area contributed by atoms with Crippen molar-refractivity contribution in [3.05, 3.63) is 119 Å². The molecule has 4 aromatic carbocycles. The van der Waals surface area contributed by atoms with Gasteiger partial charge in [-0.15, -0.1) is 0 Å². The lowest BCUT2D eigenvalue weighted by atomic mass is 9.81. The molecule has 64 heavy (non-hydrogen) atoms. The minimum Gasteiger partial charge on any atom is -0.464 e. The van der Waals surface area contributed by atoms with Crippen LogP contribution in [0.15, 0.2) is 128 Å². The second-order valence-electron chi connectivity index (χ2n) is 16.8. The van der Waals surface area contributed by atoms with Crippen LogP contribution in [0.25, 0.3) is 0 Å². The summed E-state index contributed by atoms with van der Waals surface area (Å²) in [5.74, 6) is 0.601. The van der Waals surface area contributed by atoms with Gasteiger partial charge in [-0.05, 0) is 108 Å². The Kier molecular flexibility index (Phi) is 17.7. The predicted octanol–water partition coefficient (Wildman–Crippen LogP) is 12.9. The average Bonchev–Trinajstić information content (AvgIpc) is 3.42. The van der Waals surface area contributed by atoms with E-state index in [1.54, 1.807) is 12.1 Å². The summed E-state index contributed by atoms with van der Waals surface area (Å²) in [6.07, 6.45) is 12.4. The fraction of sp³-hybridized carbons (Fsp3) is 0.400. The van der Waals surface area contributed by atoms with Gasteiger partial charge in [0.05, 0.1) is 54.1 Å². The third-order valence-electron chi connectivity index (χ3n) is 12.0. The Morgan fingerprint density at radius 1 is 0.609 bits per heavy atom. The van der Waals surface area contributed by atoms with Gasteiger partial charge in [-0.1, -0.05) is 89.8 Å². The van der Waals surface area contributed by atoms with Crippen LogP contribution in [-0.2, 0) is 29.3 Å². The van der Waals surface area contributed by atoms with Crippen LogP contribution in [0.2, 0.25) is 0 Å². The van der Waals surface area contributed by atoms with E-state index in [2.05, 4.69) is 69.4 Å². The van der Waals surface area contributed by atoms with E-state index in [1.807, 2.05) is 72.8 Å². The van der Waals surface area contributed by atoms with Crippen LogP contribution in [0.5, 0.6) is 11.5 Å². The molecule has 0 saturated carbocycles. The first-order valence-corrected chi connectivity index (χ1v) is 26.8. The van der Waals surface area contributed by atoms with Crippen molar-refractivity contribution in [2.75, 3.05) is 34.4 Å². The molecule has 0 fully saturated rings. The standard InChI is InChI=1S/2C25H30BrNO4S/c2*1-4-6-13-25(5-2)17-27(20-10-8-7-9-11-20)22-15-21(26)23(31-14-12-19(3)28)16-24(22)32(29,30)18-25/h2*7-12,14-16H,4-6,13,17-18H2,1-3H3/b14-12+;14-12-. The Morgan fingerprint density at radius 3 is 1.28 bits per heavy atom. The van der Waals surface area contributed by atoms with E-state index in [0.29, 0.717) is 44.9 Å². The highest BCUT2D eigenvalue weighted by atomic mass is 79.9.